The molecule has 1 aromatic rings. The van der Waals surface area contributed by atoms with Gasteiger partial charge in [-0.05, 0) is 38.3 Å². The number of nitrogens with one attached hydrogen (secondary N) is 2. The van der Waals surface area contributed by atoms with Gasteiger partial charge in [-0.1, -0.05) is 0 Å². The summed E-state index contributed by atoms with van der Waals surface area (Å²) >= 11 is 0. The summed E-state index contributed by atoms with van der Waals surface area (Å²) in [7, 11) is 0. The van der Waals surface area contributed by atoms with Gasteiger partial charge in [0.25, 0.3) is 0 Å². The Kier molecular flexibility index (Phi) is 6.63. The van der Waals surface area contributed by atoms with Crippen molar-refractivity contribution in [1.29, 1.82) is 0 Å². The van der Waals surface area contributed by atoms with Crippen LogP contribution in [0.5, 0.6) is 0 Å². The van der Waals surface area contributed by atoms with E-state index in [4.69, 9.17) is 4.74 Å². The van der Waals surface area contributed by atoms with E-state index in [1.807, 2.05) is 10.9 Å². The molecule has 0 spiro atoms. The molecule has 0 bridgehead atoms. The highest BCUT2D eigenvalue weighted by Gasteiger charge is 2.15. The molecule has 7 nitrogen and oxygen atoms in total. The van der Waals surface area contributed by atoms with Gasteiger partial charge in [-0.25, -0.2) is 0 Å². The van der Waals surface area contributed by atoms with Crippen LogP contribution in [-0.4, -0.2) is 66.5 Å². The standard InChI is InChI=1S/C17H29N5O2/c23-17(2-1-15-3-5-18-6-4-15)20-16-13-19-22(14-16)8-7-21-9-11-24-12-10-21/h13-15,18H,1-12H2,(H,20,23). The van der Waals surface area contributed by atoms with E-state index in [1.165, 1.54) is 12.8 Å². The molecule has 2 aliphatic rings. The molecular formula is C17H29N5O2. The predicted octanol–water partition coefficient (Wildman–Crippen LogP) is 0.934. The Bertz CT molecular complexity index is 507. The minimum atomic E-state index is 0.0984. The van der Waals surface area contributed by atoms with Crippen molar-refractivity contribution in [3.8, 4) is 0 Å². The molecule has 7 heteroatoms. The Morgan fingerprint density at radius 1 is 1.29 bits per heavy atom. The maximum atomic E-state index is 12.1. The first kappa shape index (κ1) is 17.4. The van der Waals surface area contributed by atoms with E-state index in [0.29, 0.717) is 12.3 Å². The van der Waals surface area contributed by atoms with Gasteiger partial charge in [-0.3, -0.25) is 14.4 Å². The van der Waals surface area contributed by atoms with Crippen LogP contribution in [0.15, 0.2) is 12.4 Å². The van der Waals surface area contributed by atoms with E-state index in [0.717, 1.165) is 64.6 Å². The molecule has 2 fully saturated rings. The molecule has 0 aromatic carbocycles. The fourth-order valence-corrected chi connectivity index (χ4v) is 3.35. The van der Waals surface area contributed by atoms with Crippen molar-refractivity contribution >= 4 is 11.6 Å². The van der Waals surface area contributed by atoms with Crippen LogP contribution in [0.25, 0.3) is 0 Å². The van der Waals surface area contributed by atoms with Crippen LogP contribution in [0.4, 0.5) is 5.69 Å². The van der Waals surface area contributed by atoms with E-state index in [1.54, 1.807) is 6.20 Å². The molecule has 1 aromatic heterocycles. The fourth-order valence-electron chi connectivity index (χ4n) is 3.35. The molecule has 24 heavy (non-hydrogen) atoms. The number of carbonyl (C=O) groups excluding carboxylic acids is 1. The van der Waals surface area contributed by atoms with Gasteiger partial charge < -0.3 is 15.4 Å². The van der Waals surface area contributed by atoms with Crippen molar-refractivity contribution in [2.24, 2.45) is 5.92 Å². The van der Waals surface area contributed by atoms with Crippen LogP contribution in [0.1, 0.15) is 25.7 Å². The molecule has 134 valence electrons. The molecule has 0 atom stereocenters. The SMILES string of the molecule is O=C(CCC1CCNCC1)Nc1cnn(CCN2CCOCC2)c1. The van der Waals surface area contributed by atoms with Crippen molar-refractivity contribution in [2.75, 3.05) is 51.3 Å². The second-order valence-electron chi connectivity index (χ2n) is 6.73. The smallest absolute Gasteiger partial charge is 0.224 e. The molecule has 2 aliphatic heterocycles. The summed E-state index contributed by atoms with van der Waals surface area (Å²) in [5.74, 6) is 0.787. The number of nitrogens with zero attached hydrogens (tertiary/aromatic N) is 3. The number of amides is 1. The zero-order valence-electron chi connectivity index (χ0n) is 14.4. The molecule has 0 saturated carbocycles. The lowest BCUT2D eigenvalue weighted by molar-refractivity contribution is -0.116. The van der Waals surface area contributed by atoms with Crippen LogP contribution in [-0.2, 0) is 16.1 Å². The molecule has 3 heterocycles. The van der Waals surface area contributed by atoms with Crippen LogP contribution in [0.3, 0.4) is 0 Å². The zero-order valence-corrected chi connectivity index (χ0v) is 14.4. The summed E-state index contributed by atoms with van der Waals surface area (Å²) in [6, 6.07) is 0. The van der Waals surface area contributed by atoms with E-state index in [-0.39, 0.29) is 5.91 Å². The monoisotopic (exact) mass is 335 g/mol. The van der Waals surface area contributed by atoms with Crippen molar-refractivity contribution in [3.05, 3.63) is 12.4 Å². The Morgan fingerprint density at radius 2 is 2.08 bits per heavy atom. The van der Waals surface area contributed by atoms with Gasteiger partial charge >= 0.3 is 0 Å². The summed E-state index contributed by atoms with van der Waals surface area (Å²) in [6.07, 6.45) is 7.62. The van der Waals surface area contributed by atoms with Crippen molar-refractivity contribution in [2.45, 2.75) is 32.2 Å². The van der Waals surface area contributed by atoms with Crippen LogP contribution in [0.2, 0.25) is 0 Å². The fraction of sp³-hybridized carbons (Fsp3) is 0.765. The quantitative estimate of drug-likeness (QED) is 0.776. The number of hydrogen-bond donors (Lipinski definition) is 2. The second kappa shape index (κ2) is 9.15. The lowest BCUT2D eigenvalue weighted by Crippen LogP contribution is -2.38. The summed E-state index contributed by atoms with van der Waals surface area (Å²) in [5, 5.41) is 10.7. The number of ether oxygens (including phenoxy) is 1. The number of hydrogen-bond acceptors (Lipinski definition) is 5. The van der Waals surface area contributed by atoms with Gasteiger partial charge in [-0.15, -0.1) is 0 Å². The lowest BCUT2D eigenvalue weighted by atomic mass is 9.93. The zero-order chi connectivity index (χ0) is 16.6. The average molecular weight is 335 g/mol. The maximum Gasteiger partial charge on any atom is 0.224 e. The highest BCUT2D eigenvalue weighted by atomic mass is 16.5. The highest BCUT2D eigenvalue weighted by Crippen LogP contribution is 2.18. The molecule has 2 saturated heterocycles. The Balaban J connectivity index is 1.36. The summed E-state index contributed by atoms with van der Waals surface area (Å²) in [6.45, 7) is 7.58. The number of morpholine rings is 1. The van der Waals surface area contributed by atoms with Crippen LogP contribution < -0.4 is 10.6 Å². The van der Waals surface area contributed by atoms with Gasteiger partial charge in [0.2, 0.25) is 5.91 Å². The topological polar surface area (TPSA) is 71.4 Å². The average Bonchev–Trinajstić information content (AvgIpc) is 3.07. The Labute approximate surface area is 143 Å². The summed E-state index contributed by atoms with van der Waals surface area (Å²) in [5.41, 5.74) is 0.798. The molecular weight excluding hydrogens is 306 g/mol. The summed E-state index contributed by atoms with van der Waals surface area (Å²) < 4.78 is 7.25. The normalized spacial score (nSPS) is 20.2. The highest BCUT2D eigenvalue weighted by molar-refractivity contribution is 5.90. The number of anilines is 1. The first-order chi connectivity index (χ1) is 11.8. The molecule has 3 rings (SSSR count). The predicted molar refractivity (Wildman–Crippen MR) is 92.9 cm³/mol. The first-order valence-electron chi connectivity index (χ1n) is 9.13. The summed E-state index contributed by atoms with van der Waals surface area (Å²) in [4.78, 5) is 14.5. The van der Waals surface area contributed by atoms with Crippen molar-refractivity contribution in [1.82, 2.24) is 20.0 Å². The van der Waals surface area contributed by atoms with Gasteiger partial charge in [0, 0.05) is 32.3 Å². The Hall–Kier alpha value is -1.44. The third kappa shape index (κ3) is 5.58. The molecule has 1 amide bonds. The lowest BCUT2D eigenvalue weighted by Gasteiger charge is -2.26. The minimum absolute atomic E-state index is 0.0984. The van der Waals surface area contributed by atoms with Gasteiger partial charge in [0.15, 0.2) is 0 Å². The third-order valence-electron chi connectivity index (χ3n) is 4.90. The third-order valence-corrected chi connectivity index (χ3v) is 4.90. The van der Waals surface area contributed by atoms with E-state index >= 15 is 0 Å². The van der Waals surface area contributed by atoms with Gasteiger partial charge in [0.05, 0.1) is 31.6 Å². The van der Waals surface area contributed by atoms with Crippen molar-refractivity contribution < 1.29 is 9.53 Å². The minimum Gasteiger partial charge on any atom is -0.379 e. The largest absolute Gasteiger partial charge is 0.379 e. The molecule has 0 radical (unpaired) electrons. The first-order valence-corrected chi connectivity index (χ1v) is 9.13. The number of piperidine rings is 1. The second-order valence-corrected chi connectivity index (χ2v) is 6.73. The maximum absolute atomic E-state index is 12.1. The number of aromatic nitrogens is 2. The van der Waals surface area contributed by atoms with Gasteiger partial charge in [0.1, 0.15) is 0 Å². The number of rotatable bonds is 7. The van der Waals surface area contributed by atoms with E-state index in [2.05, 4.69) is 20.6 Å². The van der Waals surface area contributed by atoms with E-state index in [9.17, 15) is 4.79 Å². The van der Waals surface area contributed by atoms with Crippen molar-refractivity contribution in [3.63, 3.8) is 0 Å². The van der Waals surface area contributed by atoms with Gasteiger partial charge in [-0.2, -0.15) is 5.10 Å². The van der Waals surface area contributed by atoms with E-state index < -0.39 is 0 Å². The number of carbonyl (C=O) groups is 1. The molecule has 2 N–H and O–H groups in total. The molecule has 0 unspecified atom stereocenters. The molecule has 0 aliphatic carbocycles. The van der Waals surface area contributed by atoms with Crippen LogP contribution >= 0.6 is 0 Å². The van der Waals surface area contributed by atoms with Crippen LogP contribution in [0, 0.1) is 5.92 Å². The Morgan fingerprint density at radius 3 is 2.88 bits per heavy atom.